The average molecular weight is 609 g/mol. The number of hydrogen-bond acceptors (Lipinski definition) is 8. The smallest absolute Gasteiger partial charge is 0.222 e. The zero-order valence-electron chi connectivity index (χ0n) is 28.5. The Hall–Kier alpha value is -2.10. The number of Topliss-reactive ketones (excluding diaryl/α,β-unsaturated/α-hetero) is 1. The van der Waals surface area contributed by atoms with Crippen LogP contribution < -0.4 is 10.6 Å². The van der Waals surface area contributed by atoms with Crippen molar-refractivity contribution in [2.45, 2.75) is 124 Å². The fourth-order valence-electron chi connectivity index (χ4n) is 5.44. The molecule has 0 rings (SSSR count). The number of nitrogens with zero attached hydrogens (tertiary/aromatic N) is 2. The molecule has 0 aromatic carbocycles. The van der Waals surface area contributed by atoms with Gasteiger partial charge in [0.2, 0.25) is 5.91 Å². The van der Waals surface area contributed by atoms with Crippen molar-refractivity contribution < 1.29 is 24.6 Å². The molecule has 2 unspecified atom stereocenters. The van der Waals surface area contributed by atoms with Crippen LogP contribution in [-0.4, -0.2) is 91.3 Å². The summed E-state index contributed by atoms with van der Waals surface area (Å²) in [7, 11) is 3.61. The number of aldehydes is 1. The van der Waals surface area contributed by atoms with Gasteiger partial charge in [-0.25, -0.2) is 0 Å². The van der Waals surface area contributed by atoms with Crippen molar-refractivity contribution in [3.63, 3.8) is 0 Å². The third-order valence-electron chi connectivity index (χ3n) is 9.63. The van der Waals surface area contributed by atoms with Crippen molar-refractivity contribution in [2.24, 2.45) is 28.2 Å². The maximum atomic E-state index is 13.2. The summed E-state index contributed by atoms with van der Waals surface area (Å²) in [4.78, 5) is 42.0. The van der Waals surface area contributed by atoms with Crippen molar-refractivity contribution in [1.82, 2.24) is 15.5 Å². The number of amides is 1. The van der Waals surface area contributed by atoms with E-state index < -0.39 is 12.1 Å². The van der Waals surface area contributed by atoms with Crippen molar-refractivity contribution >= 4 is 24.2 Å². The van der Waals surface area contributed by atoms with E-state index in [2.05, 4.69) is 38.0 Å². The number of nitrogens with one attached hydrogen (secondary N) is 2. The molecule has 0 aromatic heterocycles. The Balaban J connectivity index is 5.44. The molecule has 0 radical (unpaired) electrons. The predicted molar refractivity (Wildman–Crippen MR) is 177 cm³/mol. The summed E-state index contributed by atoms with van der Waals surface area (Å²) < 4.78 is 0. The van der Waals surface area contributed by atoms with Gasteiger partial charge in [-0.05, 0) is 51.5 Å². The summed E-state index contributed by atoms with van der Waals surface area (Å²) in [6.45, 7) is 17.1. The van der Waals surface area contributed by atoms with Crippen LogP contribution in [0.5, 0.6) is 0 Å². The van der Waals surface area contributed by atoms with Gasteiger partial charge in [-0.1, -0.05) is 60.5 Å². The minimum Gasteiger partial charge on any atom is -0.394 e. The summed E-state index contributed by atoms with van der Waals surface area (Å²) in [5.41, 5.74) is 0.699. The van der Waals surface area contributed by atoms with Crippen molar-refractivity contribution in [1.29, 1.82) is 0 Å². The fourth-order valence-corrected chi connectivity index (χ4v) is 5.44. The summed E-state index contributed by atoms with van der Waals surface area (Å²) in [6, 6.07) is -0.694. The second kappa shape index (κ2) is 22.4. The van der Waals surface area contributed by atoms with E-state index in [1.807, 2.05) is 27.1 Å². The monoisotopic (exact) mass is 608 g/mol. The molecule has 0 aliphatic rings. The summed E-state index contributed by atoms with van der Waals surface area (Å²) in [5, 5.41) is 27.9. The number of ketones is 1. The van der Waals surface area contributed by atoms with Crippen molar-refractivity contribution in [3.8, 4) is 0 Å². The molecule has 4 N–H and O–H groups in total. The Labute approximate surface area is 262 Å². The third-order valence-corrected chi connectivity index (χ3v) is 9.63. The number of carbonyl (C=O) groups is 3. The Bertz CT molecular complexity index is 845. The number of rotatable bonds is 26. The van der Waals surface area contributed by atoms with Gasteiger partial charge in [0.25, 0.3) is 0 Å². The highest BCUT2D eigenvalue weighted by atomic mass is 16.3. The van der Waals surface area contributed by atoms with Gasteiger partial charge in [0.15, 0.2) is 0 Å². The molecule has 0 aliphatic carbocycles. The van der Waals surface area contributed by atoms with E-state index in [9.17, 15) is 24.6 Å². The molecule has 43 heavy (non-hydrogen) atoms. The molecule has 9 nitrogen and oxygen atoms in total. The van der Waals surface area contributed by atoms with Crippen LogP contribution in [0.1, 0.15) is 106 Å². The SMILES string of the molecule is C=C(CC[C@H](NC)C(C)=O)NCC(CC)[C@@H](O)[C@H](C)[C@@H](CO)N=CC(CC(=O)N(C)CCCCCC=O)C(C)(CC)CC. The number of aliphatic imine (C=N–C) groups is 1. The predicted octanol–water partition coefficient (Wildman–Crippen LogP) is 4.55. The second-order valence-electron chi connectivity index (χ2n) is 12.5. The molecule has 9 heteroatoms. The number of unbranched alkanes of at least 4 members (excludes halogenated alkanes) is 3. The molecular formula is C34H64N4O5. The van der Waals surface area contributed by atoms with E-state index in [-0.39, 0.29) is 47.5 Å². The summed E-state index contributed by atoms with van der Waals surface area (Å²) in [5.74, 6) is -0.309. The van der Waals surface area contributed by atoms with Crippen LogP contribution in [0.2, 0.25) is 0 Å². The van der Waals surface area contributed by atoms with Crippen LogP contribution in [0.15, 0.2) is 17.3 Å². The van der Waals surface area contributed by atoms with Crippen LogP contribution in [0.25, 0.3) is 0 Å². The Morgan fingerprint density at radius 3 is 2.30 bits per heavy atom. The van der Waals surface area contributed by atoms with Crippen LogP contribution >= 0.6 is 0 Å². The van der Waals surface area contributed by atoms with Gasteiger partial charge >= 0.3 is 0 Å². The molecule has 0 saturated carbocycles. The van der Waals surface area contributed by atoms with Crippen molar-refractivity contribution in [3.05, 3.63) is 12.3 Å². The highest BCUT2D eigenvalue weighted by Gasteiger charge is 2.34. The van der Waals surface area contributed by atoms with Gasteiger partial charge in [-0.15, -0.1) is 0 Å². The molecule has 0 bridgehead atoms. The van der Waals surface area contributed by atoms with Gasteiger partial charge in [0.1, 0.15) is 12.1 Å². The second-order valence-corrected chi connectivity index (χ2v) is 12.5. The largest absolute Gasteiger partial charge is 0.394 e. The normalized spacial score (nSPS) is 16.2. The minimum absolute atomic E-state index is 0.0651. The van der Waals surface area contributed by atoms with Gasteiger partial charge < -0.3 is 30.5 Å². The number of allylic oxidation sites excluding steroid dienone is 1. The molecule has 1 amide bonds. The fraction of sp³-hybridized carbons (Fsp3) is 0.824. The first-order chi connectivity index (χ1) is 20.3. The van der Waals surface area contributed by atoms with Crippen LogP contribution in [0, 0.1) is 23.2 Å². The number of carbonyl (C=O) groups excluding carboxylic acids is 3. The molecule has 0 heterocycles. The summed E-state index contributed by atoms with van der Waals surface area (Å²) >= 11 is 0. The minimum atomic E-state index is -0.698. The van der Waals surface area contributed by atoms with E-state index in [1.54, 1.807) is 18.9 Å². The number of aliphatic hydroxyl groups is 2. The van der Waals surface area contributed by atoms with E-state index in [4.69, 9.17) is 4.99 Å². The lowest BCUT2D eigenvalue weighted by atomic mass is 9.71. The lowest BCUT2D eigenvalue weighted by Gasteiger charge is -2.35. The Morgan fingerprint density at radius 1 is 1.14 bits per heavy atom. The first kappa shape index (κ1) is 40.9. The zero-order valence-corrected chi connectivity index (χ0v) is 28.5. The molecule has 0 spiro atoms. The van der Waals surface area contributed by atoms with E-state index >= 15 is 0 Å². The lowest BCUT2D eigenvalue weighted by Crippen LogP contribution is -2.40. The highest BCUT2D eigenvalue weighted by Crippen LogP contribution is 2.36. The van der Waals surface area contributed by atoms with Gasteiger partial charge in [-0.3, -0.25) is 14.6 Å². The van der Waals surface area contributed by atoms with Gasteiger partial charge in [0.05, 0.1) is 24.8 Å². The van der Waals surface area contributed by atoms with Crippen LogP contribution in [0.3, 0.4) is 0 Å². The standard InChI is InChI=1S/C34H64N4O5/c1-10-28(22-36-25(4)17-18-30(35-8)27(6)41)33(43)26(5)31(24-40)37-23-29(34(7,11-2)12-3)21-32(42)38(9)19-15-13-14-16-20-39/h20,23,26,28-31,33,35-36,40,43H,4,10-19,21-22,24H2,1-3,5-9H3/t26-,28?,29?,30+,31-,33+/m1/s1. The zero-order chi connectivity index (χ0) is 33.0. The maximum absolute atomic E-state index is 13.2. The van der Waals surface area contributed by atoms with Crippen molar-refractivity contribution in [2.75, 3.05) is 33.8 Å². The maximum Gasteiger partial charge on any atom is 0.222 e. The number of likely N-dealkylation sites (N-methyl/N-ethyl adjacent to an activating group) is 1. The Kier molecular flexibility index (Phi) is 21.3. The lowest BCUT2D eigenvalue weighted by molar-refractivity contribution is -0.131. The Morgan fingerprint density at radius 2 is 1.79 bits per heavy atom. The van der Waals surface area contributed by atoms with Crippen LogP contribution in [-0.2, 0) is 14.4 Å². The molecular weight excluding hydrogens is 544 g/mol. The average Bonchev–Trinajstić information content (AvgIpc) is 2.99. The third kappa shape index (κ3) is 15.0. The molecule has 0 fully saturated rings. The first-order valence-corrected chi connectivity index (χ1v) is 16.4. The molecule has 250 valence electrons. The highest BCUT2D eigenvalue weighted by molar-refractivity contribution is 5.81. The topological polar surface area (TPSA) is 131 Å². The molecule has 0 saturated heterocycles. The van der Waals surface area contributed by atoms with Gasteiger partial charge in [0, 0.05) is 62.6 Å². The molecule has 0 aromatic rings. The van der Waals surface area contributed by atoms with E-state index in [0.29, 0.717) is 38.8 Å². The molecule has 6 atom stereocenters. The van der Waals surface area contributed by atoms with E-state index in [1.165, 1.54) is 0 Å². The number of aliphatic hydroxyl groups excluding tert-OH is 2. The number of hydrogen-bond donors (Lipinski definition) is 4. The summed E-state index contributed by atoms with van der Waals surface area (Å²) in [6.07, 6.45) is 9.45. The van der Waals surface area contributed by atoms with Crippen LogP contribution in [0.4, 0.5) is 0 Å². The quantitative estimate of drug-likeness (QED) is 0.0644. The first-order valence-electron chi connectivity index (χ1n) is 16.4. The van der Waals surface area contributed by atoms with E-state index in [0.717, 1.165) is 50.5 Å². The molecule has 0 aliphatic heterocycles. The van der Waals surface area contributed by atoms with Gasteiger partial charge in [-0.2, -0.15) is 0 Å².